The van der Waals surface area contributed by atoms with Gasteiger partial charge >= 0.3 is 0 Å². The number of benzene rings is 1. The molecule has 190 valence electrons. The van der Waals surface area contributed by atoms with Gasteiger partial charge in [0, 0.05) is 49.2 Å². The molecular weight excluding hydrogens is 519 g/mol. The van der Waals surface area contributed by atoms with Gasteiger partial charge in [0.25, 0.3) is 0 Å². The molecule has 7 rings (SSSR count). The predicted octanol–water partition coefficient (Wildman–Crippen LogP) is 1.77. The first-order valence-corrected chi connectivity index (χ1v) is 14.2. The van der Waals surface area contributed by atoms with Crippen molar-refractivity contribution in [3.63, 3.8) is 0 Å². The topological polar surface area (TPSA) is 111 Å². The molecule has 37 heavy (non-hydrogen) atoms. The number of hydrogen-bond acceptors (Lipinski definition) is 9. The van der Waals surface area contributed by atoms with Crippen LogP contribution >= 0.6 is 11.6 Å². The van der Waals surface area contributed by atoms with Crippen LogP contribution in [0.1, 0.15) is 17.0 Å². The summed E-state index contributed by atoms with van der Waals surface area (Å²) in [5.74, 6) is 1.65. The monoisotopic (exact) mass is 540 g/mol. The standard InChI is InChI=1S/C24H22ClFN8O2S/c25-17-2-3-19-16(5-17)7-31(18-9-37(35,36)10-18)8-21-29-30-23(34(19)21)33-13-24(14-33)11-32(12-24)20-4-1-15(6-27)22(26)28-20/h1-5,18H,7-14H2. The Morgan fingerprint density at radius 1 is 1.05 bits per heavy atom. The third kappa shape index (κ3) is 3.67. The van der Waals surface area contributed by atoms with E-state index < -0.39 is 15.8 Å². The quantitative estimate of drug-likeness (QED) is 0.459. The van der Waals surface area contributed by atoms with Gasteiger partial charge in [-0.3, -0.25) is 9.47 Å². The highest BCUT2D eigenvalue weighted by atomic mass is 35.5. The number of anilines is 2. The summed E-state index contributed by atoms with van der Waals surface area (Å²) in [5, 5.41) is 18.6. The number of hydrogen-bond donors (Lipinski definition) is 0. The SMILES string of the molecule is N#Cc1ccc(N2CC3(C2)CN(c2nnc4n2-c2ccc(Cl)cc2CN(C2CS(=O)(=O)C2)C4)C3)nc1F. The van der Waals surface area contributed by atoms with Crippen molar-refractivity contribution in [2.45, 2.75) is 19.1 Å². The molecule has 1 spiro atoms. The summed E-state index contributed by atoms with van der Waals surface area (Å²) >= 11 is 6.33. The minimum Gasteiger partial charge on any atom is -0.355 e. The summed E-state index contributed by atoms with van der Waals surface area (Å²) in [6.07, 6.45) is 0. The van der Waals surface area contributed by atoms with Crippen LogP contribution in [-0.4, -0.2) is 76.8 Å². The molecule has 2 aromatic heterocycles. The van der Waals surface area contributed by atoms with Crippen molar-refractivity contribution in [3.05, 3.63) is 58.3 Å². The number of aromatic nitrogens is 4. The Balaban J connectivity index is 1.12. The second-order valence-corrected chi connectivity index (χ2v) is 13.1. The van der Waals surface area contributed by atoms with Gasteiger partial charge in [-0.05, 0) is 35.9 Å². The molecule has 4 aliphatic rings. The smallest absolute Gasteiger partial charge is 0.232 e. The maximum atomic E-state index is 14.0. The Morgan fingerprint density at radius 3 is 2.51 bits per heavy atom. The molecule has 0 atom stereocenters. The van der Waals surface area contributed by atoms with E-state index in [0.29, 0.717) is 23.9 Å². The van der Waals surface area contributed by atoms with Crippen molar-refractivity contribution in [2.24, 2.45) is 5.41 Å². The molecule has 4 aliphatic heterocycles. The van der Waals surface area contributed by atoms with E-state index in [1.807, 2.05) is 23.1 Å². The number of pyridine rings is 1. The van der Waals surface area contributed by atoms with Gasteiger partial charge in [-0.1, -0.05) is 11.6 Å². The fraction of sp³-hybridized carbons (Fsp3) is 0.417. The lowest BCUT2D eigenvalue weighted by Crippen LogP contribution is -2.73. The van der Waals surface area contributed by atoms with Crippen LogP contribution in [0, 0.1) is 22.7 Å². The molecule has 0 saturated carbocycles. The normalized spacial score (nSPS) is 21.8. The Bertz CT molecular complexity index is 1580. The summed E-state index contributed by atoms with van der Waals surface area (Å²) in [7, 11) is -2.96. The fourth-order valence-corrected chi connectivity index (χ4v) is 7.63. The van der Waals surface area contributed by atoms with Crippen molar-refractivity contribution < 1.29 is 12.8 Å². The molecule has 13 heteroatoms. The Kier molecular flexibility index (Phi) is 4.87. The van der Waals surface area contributed by atoms with Crippen molar-refractivity contribution in [1.82, 2.24) is 24.6 Å². The van der Waals surface area contributed by atoms with Crippen molar-refractivity contribution in [3.8, 4) is 11.8 Å². The van der Waals surface area contributed by atoms with Gasteiger partial charge < -0.3 is 9.80 Å². The van der Waals surface area contributed by atoms with Gasteiger partial charge in [0.1, 0.15) is 17.5 Å². The average molecular weight is 541 g/mol. The Hall–Kier alpha value is -3.27. The summed E-state index contributed by atoms with van der Waals surface area (Å²) in [5.41, 5.74) is 1.98. The third-order valence-electron chi connectivity index (χ3n) is 7.79. The van der Waals surface area contributed by atoms with Crippen LogP contribution in [0.3, 0.4) is 0 Å². The van der Waals surface area contributed by atoms with Gasteiger partial charge in [0.05, 0.1) is 23.7 Å². The van der Waals surface area contributed by atoms with Crippen LogP contribution in [0.25, 0.3) is 5.69 Å². The number of halogens is 2. The minimum atomic E-state index is -2.96. The number of nitrogens with zero attached hydrogens (tertiary/aromatic N) is 8. The number of rotatable bonds is 3. The largest absolute Gasteiger partial charge is 0.355 e. The molecule has 0 N–H and O–H groups in total. The van der Waals surface area contributed by atoms with Crippen LogP contribution in [0.4, 0.5) is 16.2 Å². The second-order valence-electron chi connectivity index (χ2n) is 10.5. The van der Waals surface area contributed by atoms with E-state index in [0.717, 1.165) is 49.2 Å². The van der Waals surface area contributed by atoms with Gasteiger partial charge in [-0.2, -0.15) is 9.65 Å². The van der Waals surface area contributed by atoms with E-state index in [1.165, 1.54) is 6.07 Å². The molecule has 3 aromatic rings. The Morgan fingerprint density at radius 2 is 1.81 bits per heavy atom. The zero-order valence-corrected chi connectivity index (χ0v) is 21.3. The van der Waals surface area contributed by atoms with Crippen LogP contribution in [0.5, 0.6) is 0 Å². The number of fused-ring (bicyclic) bond motifs is 3. The fourth-order valence-electron chi connectivity index (χ4n) is 5.94. The zero-order valence-electron chi connectivity index (χ0n) is 19.7. The van der Waals surface area contributed by atoms with Crippen molar-refractivity contribution >= 4 is 33.2 Å². The van der Waals surface area contributed by atoms with Crippen molar-refractivity contribution in [2.75, 3.05) is 47.5 Å². The van der Waals surface area contributed by atoms with Gasteiger partial charge in [0.2, 0.25) is 11.9 Å². The first-order chi connectivity index (χ1) is 17.7. The summed E-state index contributed by atoms with van der Waals surface area (Å²) in [6, 6.07) is 10.7. The van der Waals surface area contributed by atoms with E-state index in [4.69, 9.17) is 16.9 Å². The van der Waals surface area contributed by atoms with Crippen LogP contribution in [0.15, 0.2) is 30.3 Å². The minimum absolute atomic E-state index is 0.0440. The predicted molar refractivity (Wildman–Crippen MR) is 134 cm³/mol. The Labute approximate surface area is 217 Å². The van der Waals surface area contributed by atoms with Crippen molar-refractivity contribution in [1.29, 1.82) is 5.26 Å². The molecule has 3 fully saturated rings. The van der Waals surface area contributed by atoms with Gasteiger partial charge in [-0.25, -0.2) is 13.4 Å². The molecule has 1 aromatic carbocycles. The third-order valence-corrected chi connectivity index (χ3v) is 9.81. The molecule has 0 aliphatic carbocycles. The van der Waals surface area contributed by atoms with E-state index in [9.17, 15) is 12.8 Å². The first-order valence-electron chi connectivity index (χ1n) is 12.0. The lowest BCUT2D eigenvalue weighted by Gasteiger charge is -2.60. The summed E-state index contributed by atoms with van der Waals surface area (Å²) < 4.78 is 39.7. The summed E-state index contributed by atoms with van der Waals surface area (Å²) in [4.78, 5) is 10.3. The maximum Gasteiger partial charge on any atom is 0.232 e. The van der Waals surface area contributed by atoms with Gasteiger partial charge in [-0.15, -0.1) is 10.2 Å². The summed E-state index contributed by atoms with van der Waals surface area (Å²) in [6.45, 7) is 4.16. The molecule has 0 unspecified atom stereocenters. The van der Waals surface area contributed by atoms with Gasteiger partial charge in [0.15, 0.2) is 15.7 Å². The molecule has 0 radical (unpaired) electrons. The van der Waals surface area contributed by atoms with E-state index in [2.05, 4.69) is 29.5 Å². The second kappa shape index (κ2) is 7.86. The zero-order chi connectivity index (χ0) is 25.5. The molecule has 10 nitrogen and oxygen atoms in total. The van der Waals surface area contributed by atoms with E-state index in [-0.39, 0.29) is 28.5 Å². The molecule has 0 amide bonds. The highest BCUT2D eigenvalue weighted by Crippen LogP contribution is 2.44. The molecular formula is C24H22ClFN8O2S. The lowest BCUT2D eigenvalue weighted by molar-refractivity contribution is 0.153. The lowest BCUT2D eigenvalue weighted by atomic mass is 9.73. The highest BCUT2D eigenvalue weighted by molar-refractivity contribution is 7.92. The molecule has 6 heterocycles. The van der Waals surface area contributed by atoms with Crippen LogP contribution in [-0.2, 0) is 22.9 Å². The average Bonchev–Trinajstić information content (AvgIpc) is 3.11. The van der Waals surface area contributed by atoms with Crippen LogP contribution in [0.2, 0.25) is 5.02 Å². The highest BCUT2D eigenvalue weighted by Gasteiger charge is 2.53. The molecule has 0 bridgehead atoms. The van der Waals surface area contributed by atoms with E-state index in [1.54, 1.807) is 12.1 Å². The van der Waals surface area contributed by atoms with E-state index >= 15 is 0 Å². The number of sulfone groups is 1. The number of nitriles is 1. The first kappa shape index (κ1) is 22.9. The maximum absolute atomic E-state index is 14.0. The van der Waals surface area contributed by atoms with Crippen LogP contribution < -0.4 is 9.80 Å². The molecule has 3 saturated heterocycles.